The lowest BCUT2D eigenvalue weighted by Gasteiger charge is -2.37. The maximum Gasteiger partial charge on any atom is 0.0636 e. The number of hydrogen-bond donors (Lipinski definition) is 1. The molecule has 1 aliphatic heterocycles. The van der Waals surface area contributed by atoms with E-state index in [1.54, 1.807) is 0 Å². The van der Waals surface area contributed by atoms with Crippen LogP contribution in [0.1, 0.15) is 44.4 Å². The molecular weight excluding hydrogens is 297 g/mol. The second-order valence-corrected chi connectivity index (χ2v) is 7.33. The van der Waals surface area contributed by atoms with E-state index in [1.807, 2.05) is 17.8 Å². The van der Waals surface area contributed by atoms with E-state index < -0.39 is 0 Å². The molecule has 0 amide bonds. The van der Waals surface area contributed by atoms with Crippen molar-refractivity contribution >= 4 is 35.0 Å². The van der Waals surface area contributed by atoms with Crippen LogP contribution in [0.3, 0.4) is 0 Å². The van der Waals surface area contributed by atoms with Gasteiger partial charge in [0.25, 0.3) is 0 Å². The lowest BCUT2D eigenvalue weighted by Crippen LogP contribution is -2.36. The van der Waals surface area contributed by atoms with Gasteiger partial charge in [0.1, 0.15) is 0 Å². The highest BCUT2D eigenvalue weighted by molar-refractivity contribution is 7.99. The van der Waals surface area contributed by atoms with Crippen LogP contribution in [0.2, 0.25) is 10.0 Å². The summed E-state index contributed by atoms with van der Waals surface area (Å²) in [6.07, 6.45) is 1.14. The van der Waals surface area contributed by atoms with E-state index in [1.165, 1.54) is 11.1 Å². The third kappa shape index (κ3) is 3.24. The molecule has 0 saturated carbocycles. The zero-order chi connectivity index (χ0) is 14.0. The van der Waals surface area contributed by atoms with Crippen LogP contribution in [0.25, 0.3) is 0 Å². The number of benzene rings is 1. The number of halogens is 2. The predicted octanol–water partition coefficient (Wildman–Crippen LogP) is 5.31. The maximum atomic E-state index is 6.36. The summed E-state index contributed by atoms with van der Waals surface area (Å²) in [5.41, 5.74) is 2.55. The van der Waals surface area contributed by atoms with Crippen molar-refractivity contribution < 1.29 is 0 Å². The van der Waals surface area contributed by atoms with Crippen molar-refractivity contribution in [2.45, 2.75) is 44.2 Å². The third-order valence-electron chi connectivity index (χ3n) is 3.59. The molecule has 0 aromatic heterocycles. The van der Waals surface area contributed by atoms with Gasteiger partial charge in [-0.3, -0.25) is 0 Å². The first-order chi connectivity index (χ1) is 9.06. The first-order valence-electron chi connectivity index (χ1n) is 6.88. The van der Waals surface area contributed by atoms with Gasteiger partial charge in [-0.15, -0.1) is 0 Å². The molecule has 0 spiro atoms. The smallest absolute Gasteiger partial charge is 0.0636 e. The summed E-state index contributed by atoms with van der Waals surface area (Å²) in [5, 5.41) is 5.68. The van der Waals surface area contributed by atoms with Crippen molar-refractivity contribution in [3.05, 3.63) is 33.3 Å². The van der Waals surface area contributed by atoms with E-state index in [-0.39, 0.29) is 0 Å². The molecule has 1 nitrogen and oxygen atoms in total. The first kappa shape index (κ1) is 15.5. The maximum absolute atomic E-state index is 6.36. The van der Waals surface area contributed by atoms with Crippen molar-refractivity contribution in [2.75, 3.05) is 6.54 Å². The molecule has 0 aliphatic carbocycles. The average Bonchev–Trinajstić information content (AvgIpc) is 2.39. The third-order valence-corrected chi connectivity index (χ3v) is 6.09. The highest BCUT2D eigenvalue weighted by Gasteiger charge is 2.33. The van der Waals surface area contributed by atoms with Gasteiger partial charge in [-0.05, 0) is 36.1 Å². The van der Waals surface area contributed by atoms with Crippen LogP contribution in [0.5, 0.6) is 0 Å². The minimum absolute atomic E-state index is 0.378. The summed E-state index contributed by atoms with van der Waals surface area (Å²) in [6.45, 7) is 7.82. The minimum atomic E-state index is 0.378. The van der Waals surface area contributed by atoms with Crippen molar-refractivity contribution in [1.29, 1.82) is 0 Å². The average molecular weight is 318 g/mol. The summed E-state index contributed by atoms with van der Waals surface area (Å²) in [6, 6.07) is 4.45. The fraction of sp³-hybridized carbons (Fsp3) is 0.600. The Kier molecular flexibility index (Phi) is 5.47. The van der Waals surface area contributed by atoms with Crippen LogP contribution in [0.4, 0.5) is 0 Å². The largest absolute Gasteiger partial charge is 0.309 e. The van der Waals surface area contributed by atoms with Crippen molar-refractivity contribution in [3.63, 3.8) is 0 Å². The lowest BCUT2D eigenvalue weighted by molar-refractivity contribution is 0.438. The first-order valence-corrected chi connectivity index (χ1v) is 8.68. The summed E-state index contributed by atoms with van der Waals surface area (Å²) in [4.78, 5) is 0. The van der Waals surface area contributed by atoms with E-state index >= 15 is 0 Å². The van der Waals surface area contributed by atoms with Gasteiger partial charge < -0.3 is 5.32 Å². The van der Waals surface area contributed by atoms with Crippen LogP contribution in [0, 0.1) is 5.92 Å². The Bertz CT molecular complexity index is 448. The van der Waals surface area contributed by atoms with Gasteiger partial charge in [0.2, 0.25) is 0 Å². The molecule has 19 heavy (non-hydrogen) atoms. The SMILES string of the molecule is CCCNC1c2ccc(Cl)c(Cl)c2CSC1C(C)C. The molecule has 0 bridgehead atoms. The van der Waals surface area contributed by atoms with Gasteiger partial charge in [0, 0.05) is 17.0 Å². The molecule has 2 rings (SSSR count). The van der Waals surface area contributed by atoms with Gasteiger partial charge in [0.05, 0.1) is 10.0 Å². The molecule has 106 valence electrons. The number of nitrogens with one attached hydrogen (secondary N) is 1. The monoisotopic (exact) mass is 317 g/mol. The zero-order valence-corrected chi connectivity index (χ0v) is 14.0. The molecule has 4 heteroatoms. The number of hydrogen-bond acceptors (Lipinski definition) is 2. The fourth-order valence-electron chi connectivity index (χ4n) is 2.60. The normalized spacial score (nSPS) is 22.6. The quantitative estimate of drug-likeness (QED) is 0.808. The van der Waals surface area contributed by atoms with E-state index in [9.17, 15) is 0 Å². The van der Waals surface area contributed by atoms with Crippen molar-refractivity contribution in [2.24, 2.45) is 5.92 Å². The van der Waals surface area contributed by atoms with Crippen LogP contribution >= 0.6 is 35.0 Å². The van der Waals surface area contributed by atoms with Crippen LogP contribution < -0.4 is 5.32 Å². The summed E-state index contributed by atoms with van der Waals surface area (Å²) < 4.78 is 0. The molecule has 1 aromatic carbocycles. The van der Waals surface area contributed by atoms with Gasteiger partial charge in [-0.1, -0.05) is 50.0 Å². The summed E-state index contributed by atoms with van der Waals surface area (Å²) in [7, 11) is 0. The zero-order valence-electron chi connectivity index (χ0n) is 11.7. The summed E-state index contributed by atoms with van der Waals surface area (Å²) in [5.74, 6) is 1.60. The topological polar surface area (TPSA) is 12.0 Å². The Morgan fingerprint density at radius 3 is 2.74 bits per heavy atom. The van der Waals surface area contributed by atoms with Gasteiger partial charge in [-0.2, -0.15) is 11.8 Å². The van der Waals surface area contributed by atoms with Crippen LogP contribution in [-0.4, -0.2) is 11.8 Å². The van der Waals surface area contributed by atoms with Crippen LogP contribution in [0.15, 0.2) is 12.1 Å². The van der Waals surface area contributed by atoms with Gasteiger partial charge in [-0.25, -0.2) is 0 Å². The van der Waals surface area contributed by atoms with Gasteiger partial charge >= 0.3 is 0 Å². The highest BCUT2D eigenvalue weighted by Crippen LogP contribution is 2.45. The standard InChI is InChI=1S/C15H21Cl2NS/c1-4-7-18-14-10-5-6-12(16)13(17)11(10)8-19-15(14)9(2)3/h5-6,9,14-15,18H,4,7-8H2,1-3H3. The van der Waals surface area contributed by atoms with Gasteiger partial charge in [0.15, 0.2) is 0 Å². The Morgan fingerprint density at radius 2 is 2.11 bits per heavy atom. The lowest BCUT2D eigenvalue weighted by atomic mass is 9.92. The van der Waals surface area contributed by atoms with E-state index in [0.29, 0.717) is 22.2 Å². The van der Waals surface area contributed by atoms with E-state index in [4.69, 9.17) is 23.2 Å². The Hall–Kier alpha value is 0.110. The fourth-order valence-corrected chi connectivity index (χ4v) is 4.59. The molecule has 2 atom stereocenters. The molecule has 0 fully saturated rings. The second kappa shape index (κ2) is 6.71. The Labute approximate surface area is 130 Å². The molecule has 1 aromatic rings. The molecule has 0 radical (unpaired) electrons. The minimum Gasteiger partial charge on any atom is -0.309 e. The number of rotatable bonds is 4. The van der Waals surface area contributed by atoms with Crippen molar-refractivity contribution in [1.82, 2.24) is 5.32 Å². The van der Waals surface area contributed by atoms with E-state index in [0.717, 1.165) is 23.7 Å². The molecule has 0 saturated heterocycles. The Morgan fingerprint density at radius 1 is 1.37 bits per heavy atom. The van der Waals surface area contributed by atoms with Crippen molar-refractivity contribution in [3.8, 4) is 0 Å². The molecular formula is C15H21Cl2NS. The predicted molar refractivity (Wildman–Crippen MR) is 87.4 cm³/mol. The molecule has 1 N–H and O–H groups in total. The molecule has 1 heterocycles. The van der Waals surface area contributed by atoms with E-state index in [2.05, 4.69) is 32.2 Å². The Balaban J connectivity index is 2.38. The molecule has 1 aliphatic rings. The summed E-state index contributed by atoms with van der Waals surface area (Å²) >= 11 is 14.5. The highest BCUT2D eigenvalue weighted by atomic mass is 35.5. The second-order valence-electron chi connectivity index (χ2n) is 5.38. The number of thioether (sulfide) groups is 1. The molecule has 2 unspecified atom stereocenters. The number of fused-ring (bicyclic) bond motifs is 1. The van der Waals surface area contributed by atoms with Crippen LogP contribution in [-0.2, 0) is 5.75 Å².